The zero-order valence-corrected chi connectivity index (χ0v) is 17.4. The minimum atomic E-state index is -0.290. The van der Waals surface area contributed by atoms with Gasteiger partial charge in [-0.15, -0.1) is 35.1 Å². The Morgan fingerprint density at radius 1 is 1.25 bits per heavy atom. The monoisotopic (exact) mass is 432 g/mol. The molecule has 1 N–H and O–H groups in total. The van der Waals surface area contributed by atoms with Gasteiger partial charge >= 0.3 is 0 Å². The van der Waals surface area contributed by atoms with Gasteiger partial charge in [-0.05, 0) is 31.2 Å². The minimum Gasteiger partial charge on any atom is -0.351 e. The van der Waals surface area contributed by atoms with E-state index in [0.717, 1.165) is 45.3 Å². The van der Waals surface area contributed by atoms with Crippen molar-refractivity contribution in [3.63, 3.8) is 0 Å². The molecule has 6 nitrogen and oxygen atoms in total. The second kappa shape index (κ2) is 7.63. The first-order valence-electron chi connectivity index (χ1n) is 8.60. The quantitative estimate of drug-likeness (QED) is 0.509. The van der Waals surface area contributed by atoms with Gasteiger partial charge < -0.3 is 14.7 Å². The van der Waals surface area contributed by atoms with Crippen molar-refractivity contribution in [2.45, 2.75) is 13.0 Å². The summed E-state index contributed by atoms with van der Waals surface area (Å²) in [5.41, 5.74) is 3.33. The number of fused-ring (bicyclic) bond motifs is 2. The minimum absolute atomic E-state index is 0. The van der Waals surface area contributed by atoms with Crippen molar-refractivity contribution in [1.82, 2.24) is 15.0 Å². The van der Waals surface area contributed by atoms with Gasteiger partial charge in [-0.1, -0.05) is 17.3 Å². The molecule has 0 unspecified atom stereocenters. The number of amides is 1. The number of aromatic nitrogens is 2. The molecule has 9 heteroatoms. The van der Waals surface area contributed by atoms with E-state index in [9.17, 15) is 4.79 Å². The fraction of sp³-hybridized carbons (Fsp3) is 0.211. The van der Waals surface area contributed by atoms with Gasteiger partial charge in [0.15, 0.2) is 0 Å². The molecule has 0 radical (unpaired) electrons. The number of likely N-dealkylation sites (N-methyl/N-ethyl adjacent to an activating group) is 1. The highest BCUT2D eigenvalue weighted by atomic mass is 35.5. The third-order valence-corrected chi connectivity index (χ3v) is 6.83. The van der Waals surface area contributed by atoms with Gasteiger partial charge in [0.25, 0.3) is 5.91 Å². The molecule has 4 heterocycles. The van der Waals surface area contributed by atoms with Crippen LogP contribution in [0.2, 0.25) is 0 Å². The van der Waals surface area contributed by atoms with Crippen molar-refractivity contribution in [2.24, 2.45) is 0 Å². The van der Waals surface area contributed by atoms with Crippen LogP contribution in [0.5, 0.6) is 0 Å². The summed E-state index contributed by atoms with van der Waals surface area (Å²) in [6.07, 6.45) is 2.42. The summed E-state index contributed by atoms with van der Waals surface area (Å²) in [6.45, 7) is 1.88. The summed E-state index contributed by atoms with van der Waals surface area (Å²) in [5.74, 6) is -0.0875. The molecule has 5 rings (SSSR count). The highest BCUT2D eigenvalue weighted by Crippen LogP contribution is 2.45. The van der Waals surface area contributed by atoms with Gasteiger partial charge in [0, 0.05) is 29.6 Å². The molecule has 0 aliphatic carbocycles. The van der Waals surface area contributed by atoms with Crippen molar-refractivity contribution in [3.05, 3.63) is 52.7 Å². The van der Waals surface area contributed by atoms with E-state index in [0.29, 0.717) is 0 Å². The van der Waals surface area contributed by atoms with E-state index in [1.165, 1.54) is 16.6 Å². The molecule has 28 heavy (non-hydrogen) atoms. The first kappa shape index (κ1) is 19.1. The van der Waals surface area contributed by atoms with Gasteiger partial charge in [0.2, 0.25) is 5.76 Å². The van der Waals surface area contributed by atoms with Crippen molar-refractivity contribution < 1.29 is 9.32 Å². The zero-order chi connectivity index (χ0) is 18.4. The largest absolute Gasteiger partial charge is 0.351 e. The summed E-state index contributed by atoms with van der Waals surface area (Å²) in [5, 5.41) is 8.42. The van der Waals surface area contributed by atoms with Crippen LogP contribution in [0.1, 0.15) is 21.0 Å². The van der Waals surface area contributed by atoms with Gasteiger partial charge in [-0.25, -0.2) is 4.98 Å². The lowest BCUT2D eigenvalue weighted by Gasteiger charge is -2.22. The standard InChI is InChI=1S/C19H16N4O2S2.ClH/c1-23-9-7-11-15(10-23)27-19(22-17(24)13-6-8-20-25-13)16(11)18-21-12-4-2-3-5-14(12)26-18;/h2-6,8H,7,9-10H2,1H3,(H,22,24);1H. The van der Waals surface area contributed by atoms with Gasteiger partial charge in [-0.2, -0.15) is 0 Å². The molecule has 0 saturated carbocycles. The number of carbonyl (C=O) groups excluding carboxylic acids is 1. The summed E-state index contributed by atoms with van der Waals surface area (Å²) in [4.78, 5) is 21.0. The lowest BCUT2D eigenvalue weighted by atomic mass is 10.0. The van der Waals surface area contributed by atoms with Crippen LogP contribution < -0.4 is 5.32 Å². The van der Waals surface area contributed by atoms with Crippen LogP contribution >= 0.6 is 35.1 Å². The number of hydrogen-bond donors (Lipinski definition) is 1. The number of nitrogens with one attached hydrogen (secondary N) is 1. The van der Waals surface area contributed by atoms with E-state index in [4.69, 9.17) is 9.51 Å². The summed E-state index contributed by atoms with van der Waals surface area (Å²) in [6, 6.07) is 9.68. The number of benzene rings is 1. The molecule has 1 amide bonds. The smallest absolute Gasteiger partial charge is 0.294 e. The number of para-hydroxylation sites is 1. The molecular formula is C19H17ClN4O2S2. The highest BCUT2D eigenvalue weighted by Gasteiger charge is 2.27. The molecule has 0 fully saturated rings. The van der Waals surface area contributed by atoms with E-state index < -0.39 is 0 Å². The molecule has 3 aromatic heterocycles. The first-order chi connectivity index (χ1) is 13.2. The normalized spacial score (nSPS) is 13.9. The third kappa shape index (κ3) is 3.33. The molecule has 0 spiro atoms. The number of rotatable bonds is 3. The number of thiophene rings is 1. The van der Waals surface area contributed by atoms with Crippen LogP contribution in [0.4, 0.5) is 5.00 Å². The Morgan fingerprint density at radius 3 is 2.89 bits per heavy atom. The van der Waals surface area contributed by atoms with Crippen molar-refractivity contribution in [1.29, 1.82) is 0 Å². The van der Waals surface area contributed by atoms with Crippen molar-refractivity contribution in [2.75, 3.05) is 18.9 Å². The summed E-state index contributed by atoms with van der Waals surface area (Å²) < 4.78 is 6.15. The number of hydrogen-bond acceptors (Lipinski definition) is 7. The molecule has 0 bridgehead atoms. The molecule has 1 aromatic carbocycles. The highest BCUT2D eigenvalue weighted by molar-refractivity contribution is 7.22. The average molecular weight is 433 g/mol. The van der Waals surface area contributed by atoms with Crippen LogP contribution in [-0.2, 0) is 13.0 Å². The van der Waals surface area contributed by atoms with Crippen LogP contribution in [0, 0.1) is 0 Å². The maximum atomic E-state index is 12.5. The maximum Gasteiger partial charge on any atom is 0.294 e. The molecule has 1 aliphatic rings. The number of carbonyl (C=O) groups is 1. The van der Waals surface area contributed by atoms with Gasteiger partial charge in [0.1, 0.15) is 10.0 Å². The molecular weight excluding hydrogens is 416 g/mol. The van der Waals surface area contributed by atoms with E-state index in [2.05, 4.69) is 28.5 Å². The number of anilines is 1. The predicted octanol–water partition coefficient (Wildman–Crippen LogP) is 4.67. The number of nitrogens with zero attached hydrogens (tertiary/aromatic N) is 3. The maximum absolute atomic E-state index is 12.5. The zero-order valence-electron chi connectivity index (χ0n) is 15.0. The Kier molecular flexibility index (Phi) is 5.20. The van der Waals surface area contributed by atoms with Crippen LogP contribution in [0.3, 0.4) is 0 Å². The Hall–Kier alpha value is -2.26. The topological polar surface area (TPSA) is 71.3 Å². The molecule has 0 saturated heterocycles. The predicted molar refractivity (Wildman–Crippen MR) is 115 cm³/mol. The van der Waals surface area contributed by atoms with Crippen LogP contribution in [-0.4, -0.2) is 34.5 Å². The fourth-order valence-electron chi connectivity index (χ4n) is 3.32. The van der Waals surface area contributed by atoms with Gasteiger partial charge in [-0.3, -0.25) is 4.79 Å². The second-order valence-electron chi connectivity index (χ2n) is 6.51. The van der Waals surface area contributed by atoms with E-state index >= 15 is 0 Å². The third-order valence-electron chi connectivity index (χ3n) is 4.64. The Labute approximate surface area is 175 Å². The van der Waals surface area contributed by atoms with Crippen LogP contribution in [0.15, 0.2) is 41.1 Å². The molecule has 0 atom stereocenters. The van der Waals surface area contributed by atoms with E-state index in [1.54, 1.807) is 28.7 Å². The van der Waals surface area contributed by atoms with Gasteiger partial charge in [0.05, 0.1) is 16.4 Å². The Balaban J connectivity index is 0.00000192. The van der Waals surface area contributed by atoms with E-state index in [1.807, 2.05) is 18.2 Å². The number of halogens is 1. The summed E-state index contributed by atoms with van der Waals surface area (Å²) >= 11 is 3.29. The van der Waals surface area contributed by atoms with Crippen molar-refractivity contribution in [3.8, 4) is 10.6 Å². The molecule has 4 aromatic rings. The number of thiazole rings is 1. The SMILES string of the molecule is CN1CCc2c(sc(NC(=O)c3ccno3)c2-c2nc3ccccc3s2)C1.Cl. The first-order valence-corrected chi connectivity index (χ1v) is 10.2. The van der Waals surface area contributed by atoms with Crippen LogP contribution in [0.25, 0.3) is 20.8 Å². The summed E-state index contributed by atoms with van der Waals surface area (Å²) in [7, 11) is 2.12. The Morgan fingerprint density at radius 2 is 2.11 bits per heavy atom. The lowest BCUT2D eigenvalue weighted by Crippen LogP contribution is -2.25. The fourth-order valence-corrected chi connectivity index (χ4v) is 5.76. The Bertz CT molecular complexity index is 1100. The second-order valence-corrected chi connectivity index (χ2v) is 8.65. The molecule has 1 aliphatic heterocycles. The average Bonchev–Trinajstić information content (AvgIpc) is 3.38. The lowest BCUT2D eigenvalue weighted by molar-refractivity contribution is 0.0988. The molecule has 144 valence electrons. The van der Waals surface area contributed by atoms with Crippen molar-refractivity contribution >= 4 is 56.2 Å². The van der Waals surface area contributed by atoms with E-state index in [-0.39, 0.29) is 24.1 Å².